The van der Waals surface area contributed by atoms with Crippen LogP contribution < -0.4 is 11.1 Å². The van der Waals surface area contributed by atoms with E-state index in [0.717, 1.165) is 23.6 Å². The van der Waals surface area contributed by atoms with Crippen LogP contribution in [0, 0.1) is 6.92 Å². The molecule has 90 valence electrons. The van der Waals surface area contributed by atoms with Crippen molar-refractivity contribution >= 4 is 34.4 Å². The molecule has 17 heavy (non-hydrogen) atoms. The van der Waals surface area contributed by atoms with Crippen LogP contribution in [0.4, 0.5) is 5.82 Å². The molecule has 3 N–H and O–H groups in total. The first-order chi connectivity index (χ1) is 8.09. The minimum Gasteiger partial charge on any atom is -0.389 e. The van der Waals surface area contributed by atoms with Crippen molar-refractivity contribution < 1.29 is 0 Å². The molecule has 0 aliphatic carbocycles. The Hall–Kier alpha value is -1.40. The van der Waals surface area contributed by atoms with E-state index in [4.69, 9.17) is 18.0 Å². The van der Waals surface area contributed by atoms with Crippen molar-refractivity contribution in [2.24, 2.45) is 12.8 Å². The van der Waals surface area contributed by atoms with Crippen LogP contribution in [0.3, 0.4) is 0 Å². The van der Waals surface area contributed by atoms with Crippen LogP contribution >= 0.6 is 23.6 Å². The van der Waals surface area contributed by atoms with Gasteiger partial charge in [-0.05, 0) is 18.4 Å². The van der Waals surface area contributed by atoms with Gasteiger partial charge in [-0.15, -0.1) is 11.3 Å². The van der Waals surface area contributed by atoms with E-state index in [1.54, 1.807) is 16.0 Å². The van der Waals surface area contributed by atoms with Gasteiger partial charge in [-0.2, -0.15) is 5.10 Å². The first kappa shape index (κ1) is 12.1. The third kappa shape index (κ3) is 2.48. The molecule has 0 aliphatic rings. The summed E-state index contributed by atoms with van der Waals surface area (Å²) in [5.74, 6) is 0.878. The fraction of sp³-hybridized carbons (Fsp3) is 0.273. The summed E-state index contributed by atoms with van der Waals surface area (Å²) in [4.78, 5) is 1.64. The van der Waals surface area contributed by atoms with Crippen molar-refractivity contribution in [1.82, 2.24) is 9.78 Å². The predicted octanol–water partition coefficient (Wildman–Crippen LogP) is 2.04. The van der Waals surface area contributed by atoms with Crippen molar-refractivity contribution in [3.8, 4) is 0 Å². The number of nitrogens with two attached hydrogens (primary N) is 1. The van der Waals surface area contributed by atoms with Gasteiger partial charge in [0.15, 0.2) is 0 Å². The molecule has 2 aromatic rings. The lowest BCUT2D eigenvalue weighted by molar-refractivity contribution is 0.758. The number of thiophene rings is 1. The van der Waals surface area contributed by atoms with E-state index in [9.17, 15) is 0 Å². The van der Waals surface area contributed by atoms with Crippen molar-refractivity contribution in [3.05, 3.63) is 33.6 Å². The van der Waals surface area contributed by atoms with Crippen molar-refractivity contribution in [1.29, 1.82) is 0 Å². The molecule has 0 radical (unpaired) electrons. The number of aryl methyl sites for hydroxylation is 2. The first-order valence-corrected chi connectivity index (χ1v) is 6.48. The highest BCUT2D eigenvalue weighted by atomic mass is 32.1. The molecule has 4 nitrogen and oxygen atoms in total. The number of hydrogen-bond acceptors (Lipinski definition) is 4. The van der Waals surface area contributed by atoms with Crippen molar-refractivity contribution in [3.63, 3.8) is 0 Å². The lowest BCUT2D eigenvalue weighted by Gasteiger charge is -2.07. The minimum atomic E-state index is 0.379. The number of rotatable bonds is 4. The van der Waals surface area contributed by atoms with E-state index in [0.29, 0.717) is 4.99 Å². The van der Waals surface area contributed by atoms with Crippen LogP contribution in [-0.2, 0) is 13.6 Å². The second-order valence-electron chi connectivity index (χ2n) is 3.73. The maximum Gasteiger partial charge on any atom is 0.134 e. The zero-order valence-electron chi connectivity index (χ0n) is 9.73. The van der Waals surface area contributed by atoms with Gasteiger partial charge in [-0.3, -0.25) is 4.68 Å². The van der Waals surface area contributed by atoms with Gasteiger partial charge >= 0.3 is 0 Å². The molecule has 0 bridgehead atoms. The molecule has 0 amide bonds. The van der Waals surface area contributed by atoms with Crippen LogP contribution in [-0.4, -0.2) is 14.8 Å². The largest absolute Gasteiger partial charge is 0.389 e. The molecule has 0 spiro atoms. The summed E-state index contributed by atoms with van der Waals surface area (Å²) in [6, 6.07) is 4.12. The molecule has 6 heteroatoms. The second-order valence-corrected chi connectivity index (χ2v) is 5.20. The van der Waals surface area contributed by atoms with Crippen LogP contribution in [0.5, 0.6) is 0 Å². The molecule has 2 heterocycles. The number of nitrogens with zero attached hydrogens (tertiary/aromatic N) is 2. The van der Waals surface area contributed by atoms with E-state index in [1.807, 2.05) is 20.0 Å². The Bertz CT molecular complexity index is 528. The van der Waals surface area contributed by atoms with Crippen LogP contribution in [0.1, 0.15) is 16.1 Å². The Kier molecular flexibility index (Phi) is 3.44. The SMILES string of the molecule is Cc1nn(C)c(NCc2cccs2)c1C(N)=S. The zero-order valence-corrected chi connectivity index (χ0v) is 11.4. The highest BCUT2D eigenvalue weighted by Crippen LogP contribution is 2.20. The fourth-order valence-electron chi connectivity index (χ4n) is 1.74. The molecular weight excluding hydrogens is 252 g/mol. The molecule has 0 aromatic carbocycles. The van der Waals surface area contributed by atoms with Crippen LogP contribution in [0.25, 0.3) is 0 Å². The van der Waals surface area contributed by atoms with Crippen LogP contribution in [0.2, 0.25) is 0 Å². The Balaban J connectivity index is 2.23. The van der Waals surface area contributed by atoms with Crippen molar-refractivity contribution in [2.45, 2.75) is 13.5 Å². The summed E-state index contributed by atoms with van der Waals surface area (Å²) in [7, 11) is 1.88. The van der Waals surface area contributed by atoms with Gasteiger partial charge in [-0.25, -0.2) is 0 Å². The highest BCUT2D eigenvalue weighted by Gasteiger charge is 2.15. The van der Waals surface area contributed by atoms with E-state index in [2.05, 4.69) is 21.9 Å². The summed E-state index contributed by atoms with van der Waals surface area (Å²) in [6.07, 6.45) is 0. The summed E-state index contributed by atoms with van der Waals surface area (Å²) in [5, 5.41) is 9.71. The third-order valence-corrected chi connectivity index (χ3v) is 3.56. The number of nitrogens with one attached hydrogen (secondary N) is 1. The van der Waals surface area contributed by atoms with Gasteiger partial charge in [0, 0.05) is 11.9 Å². The number of aromatic nitrogens is 2. The topological polar surface area (TPSA) is 55.9 Å². The number of anilines is 1. The number of hydrogen-bond donors (Lipinski definition) is 2. The van der Waals surface area contributed by atoms with Gasteiger partial charge in [0.1, 0.15) is 10.8 Å². The Morgan fingerprint density at radius 1 is 1.65 bits per heavy atom. The van der Waals surface area contributed by atoms with E-state index in [1.165, 1.54) is 4.88 Å². The summed E-state index contributed by atoms with van der Waals surface area (Å²) < 4.78 is 1.78. The molecule has 0 saturated heterocycles. The first-order valence-electron chi connectivity index (χ1n) is 5.19. The Morgan fingerprint density at radius 3 is 3.00 bits per heavy atom. The third-order valence-electron chi connectivity index (χ3n) is 2.48. The Labute approximate surface area is 109 Å². The maximum atomic E-state index is 5.72. The van der Waals surface area contributed by atoms with Gasteiger partial charge < -0.3 is 11.1 Å². The molecule has 2 rings (SSSR count). The molecule has 0 aliphatic heterocycles. The smallest absolute Gasteiger partial charge is 0.134 e. The molecular formula is C11H14N4S2. The summed E-state index contributed by atoms with van der Waals surface area (Å²) in [5.41, 5.74) is 7.41. The van der Waals surface area contributed by atoms with E-state index < -0.39 is 0 Å². The summed E-state index contributed by atoms with van der Waals surface area (Å²) in [6.45, 7) is 2.66. The van der Waals surface area contributed by atoms with Gasteiger partial charge in [0.25, 0.3) is 0 Å². The lowest BCUT2D eigenvalue weighted by atomic mass is 10.2. The van der Waals surface area contributed by atoms with Gasteiger partial charge in [0.2, 0.25) is 0 Å². The van der Waals surface area contributed by atoms with E-state index in [-0.39, 0.29) is 0 Å². The molecule has 0 atom stereocenters. The quantitative estimate of drug-likeness (QED) is 0.832. The average molecular weight is 266 g/mol. The standard InChI is InChI=1S/C11H14N4S2/c1-7-9(10(12)16)11(15(2)14-7)13-6-8-4-3-5-17-8/h3-5,13H,6H2,1-2H3,(H2,12,16). The lowest BCUT2D eigenvalue weighted by Crippen LogP contribution is -2.14. The predicted molar refractivity (Wildman–Crippen MR) is 75.5 cm³/mol. The second kappa shape index (κ2) is 4.85. The molecule has 2 aromatic heterocycles. The van der Waals surface area contributed by atoms with Crippen molar-refractivity contribution in [2.75, 3.05) is 5.32 Å². The van der Waals surface area contributed by atoms with E-state index >= 15 is 0 Å². The average Bonchev–Trinajstić information content (AvgIpc) is 2.83. The normalized spacial score (nSPS) is 10.5. The monoisotopic (exact) mass is 266 g/mol. The van der Waals surface area contributed by atoms with Crippen LogP contribution in [0.15, 0.2) is 17.5 Å². The summed E-state index contributed by atoms with van der Waals surface area (Å²) >= 11 is 6.76. The van der Waals surface area contributed by atoms with Gasteiger partial charge in [-0.1, -0.05) is 18.3 Å². The molecule has 0 saturated carbocycles. The molecule has 0 unspecified atom stereocenters. The molecule has 0 fully saturated rings. The minimum absolute atomic E-state index is 0.379. The fourth-order valence-corrected chi connectivity index (χ4v) is 2.63. The highest BCUT2D eigenvalue weighted by molar-refractivity contribution is 7.80. The number of thiocarbonyl (C=S) groups is 1. The zero-order chi connectivity index (χ0) is 12.4. The maximum absolute atomic E-state index is 5.72. The Morgan fingerprint density at radius 2 is 2.41 bits per heavy atom. The van der Waals surface area contributed by atoms with Gasteiger partial charge in [0.05, 0.1) is 17.8 Å².